The van der Waals surface area contributed by atoms with Gasteiger partial charge < -0.3 is 10.4 Å². The fourth-order valence-corrected chi connectivity index (χ4v) is 1.78. The largest absolute Gasteiger partial charge is 0.478 e. The van der Waals surface area contributed by atoms with Gasteiger partial charge in [-0.15, -0.1) is 0 Å². The van der Waals surface area contributed by atoms with Crippen molar-refractivity contribution in [2.45, 2.75) is 6.92 Å². The van der Waals surface area contributed by atoms with Crippen LogP contribution in [0, 0.1) is 0 Å². The van der Waals surface area contributed by atoms with Crippen LogP contribution in [0.3, 0.4) is 0 Å². The van der Waals surface area contributed by atoms with E-state index in [0.717, 1.165) is 5.39 Å². The quantitative estimate of drug-likeness (QED) is 0.831. The summed E-state index contributed by atoms with van der Waals surface area (Å²) in [5.41, 5.74) is 0.854. The van der Waals surface area contributed by atoms with Crippen molar-refractivity contribution in [2.75, 3.05) is 5.32 Å². The first-order chi connectivity index (χ1) is 8.09. The summed E-state index contributed by atoms with van der Waals surface area (Å²) >= 11 is 0. The summed E-state index contributed by atoms with van der Waals surface area (Å²) in [4.78, 5) is 22.1. The van der Waals surface area contributed by atoms with E-state index < -0.39 is 5.97 Å². The molecule has 2 aromatic carbocycles. The van der Waals surface area contributed by atoms with E-state index in [4.69, 9.17) is 5.11 Å². The van der Waals surface area contributed by atoms with Gasteiger partial charge in [-0.3, -0.25) is 4.79 Å². The van der Waals surface area contributed by atoms with Crippen molar-refractivity contribution in [1.82, 2.24) is 0 Å². The van der Waals surface area contributed by atoms with Crippen molar-refractivity contribution in [3.63, 3.8) is 0 Å². The number of aromatic carboxylic acids is 1. The molecule has 86 valence electrons. The molecule has 1 amide bonds. The van der Waals surface area contributed by atoms with E-state index in [9.17, 15) is 9.59 Å². The Morgan fingerprint density at radius 2 is 1.71 bits per heavy atom. The van der Waals surface area contributed by atoms with E-state index >= 15 is 0 Å². The lowest BCUT2D eigenvalue weighted by molar-refractivity contribution is -0.114. The van der Waals surface area contributed by atoms with Crippen LogP contribution in [0.2, 0.25) is 0 Å². The maximum absolute atomic E-state index is 11.1. The average molecular weight is 229 g/mol. The van der Waals surface area contributed by atoms with Gasteiger partial charge in [0.1, 0.15) is 0 Å². The van der Waals surface area contributed by atoms with Crippen molar-refractivity contribution in [3.8, 4) is 0 Å². The number of carbonyl (C=O) groups is 2. The molecule has 4 heteroatoms. The van der Waals surface area contributed by atoms with Gasteiger partial charge in [0.2, 0.25) is 5.91 Å². The maximum atomic E-state index is 11.1. The van der Waals surface area contributed by atoms with Crippen LogP contribution >= 0.6 is 0 Å². The van der Waals surface area contributed by atoms with Crippen molar-refractivity contribution in [2.24, 2.45) is 0 Å². The number of rotatable bonds is 2. The highest BCUT2D eigenvalue weighted by Crippen LogP contribution is 2.26. The van der Waals surface area contributed by atoms with Gasteiger partial charge in [0.05, 0.1) is 5.56 Å². The molecule has 0 saturated carbocycles. The predicted octanol–water partition coefficient (Wildman–Crippen LogP) is 2.50. The van der Waals surface area contributed by atoms with Gasteiger partial charge in [0.15, 0.2) is 0 Å². The summed E-state index contributed by atoms with van der Waals surface area (Å²) in [6.07, 6.45) is 0. The highest BCUT2D eigenvalue weighted by molar-refractivity contribution is 6.10. The number of carboxylic acids is 1. The minimum atomic E-state index is -0.976. The summed E-state index contributed by atoms with van der Waals surface area (Å²) in [7, 11) is 0. The first-order valence-corrected chi connectivity index (χ1v) is 5.12. The molecule has 0 heterocycles. The van der Waals surface area contributed by atoms with Crippen LogP contribution in [0.5, 0.6) is 0 Å². The summed E-state index contributed by atoms with van der Waals surface area (Å²) < 4.78 is 0. The summed E-state index contributed by atoms with van der Waals surface area (Å²) in [6.45, 7) is 1.42. The Bertz CT molecular complexity index is 605. The van der Waals surface area contributed by atoms with Crippen molar-refractivity contribution >= 4 is 28.3 Å². The molecular formula is C13H11NO3. The Morgan fingerprint density at radius 1 is 1.06 bits per heavy atom. The Morgan fingerprint density at radius 3 is 2.29 bits per heavy atom. The zero-order valence-corrected chi connectivity index (χ0v) is 9.23. The molecule has 0 spiro atoms. The van der Waals surface area contributed by atoms with Crippen LogP contribution in [0.25, 0.3) is 10.8 Å². The Hall–Kier alpha value is -2.36. The van der Waals surface area contributed by atoms with E-state index in [0.29, 0.717) is 11.1 Å². The third-order valence-electron chi connectivity index (χ3n) is 2.47. The average Bonchev–Trinajstić information content (AvgIpc) is 2.28. The number of carboxylic acid groups (broad SMARTS) is 1. The lowest BCUT2D eigenvalue weighted by Crippen LogP contribution is -2.07. The van der Waals surface area contributed by atoms with Crippen LogP contribution in [-0.2, 0) is 4.79 Å². The number of hydrogen-bond donors (Lipinski definition) is 2. The molecule has 0 radical (unpaired) electrons. The molecule has 0 bridgehead atoms. The van der Waals surface area contributed by atoms with E-state index in [1.54, 1.807) is 30.3 Å². The number of hydrogen-bond acceptors (Lipinski definition) is 2. The highest BCUT2D eigenvalue weighted by Gasteiger charge is 2.11. The lowest BCUT2D eigenvalue weighted by Gasteiger charge is -2.09. The molecule has 0 saturated heterocycles. The summed E-state index contributed by atoms with van der Waals surface area (Å²) in [5.74, 6) is -1.16. The smallest absolute Gasteiger partial charge is 0.336 e. The second-order valence-corrected chi connectivity index (χ2v) is 3.69. The predicted molar refractivity (Wildman–Crippen MR) is 65.2 cm³/mol. The van der Waals surface area contributed by atoms with Crippen LogP contribution in [0.4, 0.5) is 5.69 Å². The molecule has 0 aliphatic heterocycles. The molecule has 0 aromatic heterocycles. The topological polar surface area (TPSA) is 66.4 Å². The molecule has 2 aromatic rings. The van der Waals surface area contributed by atoms with Gasteiger partial charge in [-0.25, -0.2) is 4.79 Å². The van der Waals surface area contributed by atoms with Crippen LogP contribution < -0.4 is 5.32 Å². The summed E-state index contributed by atoms with van der Waals surface area (Å²) in [5, 5.41) is 13.1. The molecular weight excluding hydrogens is 218 g/mol. The third kappa shape index (κ3) is 2.10. The fraction of sp³-hybridized carbons (Fsp3) is 0.0769. The molecule has 0 atom stereocenters. The number of amides is 1. The highest BCUT2D eigenvalue weighted by atomic mass is 16.4. The van der Waals surface area contributed by atoms with Gasteiger partial charge in [0, 0.05) is 18.0 Å². The SMILES string of the molecule is CC(=O)Nc1ccc(C(=O)O)c2ccccc12. The maximum Gasteiger partial charge on any atom is 0.336 e. The van der Waals surface area contributed by atoms with Gasteiger partial charge in [0.25, 0.3) is 0 Å². The number of carbonyl (C=O) groups excluding carboxylic acids is 1. The molecule has 0 aliphatic rings. The Labute approximate surface area is 97.9 Å². The zero-order chi connectivity index (χ0) is 12.4. The monoisotopic (exact) mass is 229 g/mol. The third-order valence-corrected chi connectivity index (χ3v) is 2.47. The van der Waals surface area contributed by atoms with Crippen molar-refractivity contribution < 1.29 is 14.7 Å². The van der Waals surface area contributed by atoms with E-state index in [-0.39, 0.29) is 11.5 Å². The summed E-state index contributed by atoms with van der Waals surface area (Å²) in [6, 6.07) is 10.2. The minimum Gasteiger partial charge on any atom is -0.478 e. The lowest BCUT2D eigenvalue weighted by atomic mass is 10.0. The zero-order valence-electron chi connectivity index (χ0n) is 9.23. The number of fused-ring (bicyclic) bond motifs is 1. The van der Waals surface area contributed by atoms with Crippen LogP contribution in [0.1, 0.15) is 17.3 Å². The van der Waals surface area contributed by atoms with Crippen LogP contribution in [-0.4, -0.2) is 17.0 Å². The van der Waals surface area contributed by atoms with Crippen molar-refractivity contribution in [3.05, 3.63) is 42.0 Å². The van der Waals surface area contributed by atoms with Gasteiger partial charge >= 0.3 is 5.97 Å². The molecule has 2 N–H and O–H groups in total. The second-order valence-electron chi connectivity index (χ2n) is 3.69. The minimum absolute atomic E-state index is 0.182. The number of anilines is 1. The standard InChI is InChI=1S/C13H11NO3/c1-8(15)14-12-7-6-11(13(16)17)9-4-2-3-5-10(9)12/h2-7H,1H3,(H,14,15)(H,16,17). The normalized spacial score (nSPS) is 10.2. The van der Waals surface area contributed by atoms with Gasteiger partial charge in [-0.2, -0.15) is 0 Å². The van der Waals surface area contributed by atoms with E-state index in [1.165, 1.54) is 13.0 Å². The molecule has 0 unspecified atom stereocenters. The van der Waals surface area contributed by atoms with Gasteiger partial charge in [-0.05, 0) is 17.5 Å². The molecule has 0 aliphatic carbocycles. The molecule has 17 heavy (non-hydrogen) atoms. The fourth-order valence-electron chi connectivity index (χ4n) is 1.78. The first-order valence-electron chi connectivity index (χ1n) is 5.12. The van der Waals surface area contributed by atoms with Crippen molar-refractivity contribution in [1.29, 1.82) is 0 Å². The number of benzene rings is 2. The molecule has 0 fully saturated rings. The molecule has 2 rings (SSSR count). The first kappa shape index (κ1) is 11.1. The van der Waals surface area contributed by atoms with E-state index in [1.807, 2.05) is 0 Å². The Kier molecular flexibility index (Phi) is 2.78. The number of nitrogens with one attached hydrogen (secondary N) is 1. The van der Waals surface area contributed by atoms with Gasteiger partial charge in [-0.1, -0.05) is 24.3 Å². The van der Waals surface area contributed by atoms with E-state index in [2.05, 4.69) is 5.32 Å². The van der Waals surface area contributed by atoms with Crippen LogP contribution in [0.15, 0.2) is 36.4 Å². The Balaban J connectivity index is 2.70. The molecule has 4 nitrogen and oxygen atoms in total. The second kappa shape index (κ2) is 4.25.